The molecule has 0 amide bonds. The first-order valence-corrected chi connectivity index (χ1v) is 4.43. The van der Waals surface area contributed by atoms with Crippen molar-refractivity contribution in [2.45, 2.75) is 37.9 Å². The monoisotopic (exact) mass is 217 g/mol. The molecule has 0 radical (unpaired) electrons. The summed E-state index contributed by atoms with van der Waals surface area (Å²) in [6.45, 7) is 0. The maximum absolute atomic E-state index is 12.3. The van der Waals surface area contributed by atoms with Gasteiger partial charge >= 0.3 is 6.18 Å². The zero-order valence-electron chi connectivity index (χ0n) is 7.40. The molecular weight excluding hydrogens is 205 g/mol. The van der Waals surface area contributed by atoms with Crippen molar-refractivity contribution in [3.05, 3.63) is 0 Å². The van der Waals surface area contributed by atoms with E-state index < -0.39 is 30.5 Å². The van der Waals surface area contributed by atoms with Gasteiger partial charge in [-0.2, -0.15) is 13.2 Å². The number of rotatable bonds is 1. The van der Waals surface area contributed by atoms with E-state index in [1.165, 1.54) is 0 Å². The summed E-state index contributed by atoms with van der Waals surface area (Å²) < 4.78 is 61.6. The van der Waals surface area contributed by atoms with Crippen LogP contribution in [0.5, 0.6) is 0 Å². The smallest absolute Gasteiger partial charge is 0.328 e. The quantitative estimate of drug-likeness (QED) is 0.671. The van der Waals surface area contributed by atoms with Crippen LogP contribution in [0.2, 0.25) is 0 Å². The highest BCUT2D eigenvalue weighted by atomic mass is 19.4. The van der Waals surface area contributed by atoms with E-state index in [-0.39, 0.29) is 19.3 Å². The number of nitrogens with two attached hydrogens (primary N) is 1. The minimum atomic E-state index is -4.53. The van der Waals surface area contributed by atoms with Crippen molar-refractivity contribution in [2.24, 2.45) is 17.6 Å². The molecule has 1 aliphatic rings. The molecule has 6 heteroatoms. The van der Waals surface area contributed by atoms with Crippen LogP contribution in [-0.2, 0) is 0 Å². The highest BCUT2D eigenvalue weighted by Crippen LogP contribution is 2.43. The molecule has 0 spiro atoms. The van der Waals surface area contributed by atoms with Crippen LogP contribution >= 0.6 is 0 Å². The average molecular weight is 217 g/mol. The van der Waals surface area contributed by atoms with E-state index in [9.17, 15) is 22.0 Å². The molecule has 0 aliphatic heterocycles. The van der Waals surface area contributed by atoms with E-state index >= 15 is 0 Å². The summed E-state index contributed by atoms with van der Waals surface area (Å²) in [4.78, 5) is 0. The van der Waals surface area contributed by atoms with Crippen LogP contribution in [0.25, 0.3) is 0 Å². The van der Waals surface area contributed by atoms with Crippen LogP contribution < -0.4 is 5.73 Å². The molecule has 14 heavy (non-hydrogen) atoms. The van der Waals surface area contributed by atoms with E-state index in [1.54, 1.807) is 0 Å². The normalized spacial score (nSPS) is 34.9. The van der Waals surface area contributed by atoms with Crippen molar-refractivity contribution < 1.29 is 22.0 Å². The second-order valence-electron chi connectivity index (χ2n) is 3.72. The molecular formula is C8H12F5N. The van der Waals surface area contributed by atoms with Gasteiger partial charge in [0, 0.05) is 12.0 Å². The second kappa shape index (κ2) is 4.00. The molecule has 0 aromatic carbocycles. The lowest BCUT2D eigenvalue weighted by molar-refractivity contribution is -0.210. The van der Waals surface area contributed by atoms with Gasteiger partial charge < -0.3 is 5.73 Å². The molecule has 0 aromatic heterocycles. The molecule has 3 atom stereocenters. The first kappa shape index (κ1) is 11.7. The summed E-state index contributed by atoms with van der Waals surface area (Å²) in [5.74, 6) is -3.51. The minimum Gasteiger partial charge on any atom is -0.328 e. The predicted octanol–water partition coefficient (Wildman–Crippen LogP) is 2.56. The van der Waals surface area contributed by atoms with Crippen LogP contribution in [-0.4, -0.2) is 18.6 Å². The summed E-state index contributed by atoms with van der Waals surface area (Å²) in [6.07, 6.45) is -7.80. The maximum Gasteiger partial charge on any atom is 0.392 e. The van der Waals surface area contributed by atoms with Crippen LogP contribution in [0.15, 0.2) is 0 Å². The first-order chi connectivity index (χ1) is 6.32. The second-order valence-corrected chi connectivity index (χ2v) is 3.72. The van der Waals surface area contributed by atoms with Crippen LogP contribution in [0.1, 0.15) is 19.3 Å². The number of alkyl halides is 5. The van der Waals surface area contributed by atoms with Gasteiger partial charge in [-0.25, -0.2) is 8.78 Å². The van der Waals surface area contributed by atoms with Crippen molar-refractivity contribution in [2.75, 3.05) is 0 Å². The van der Waals surface area contributed by atoms with Crippen LogP contribution in [0, 0.1) is 11.8 Å². The highest BCUT2D eigenvalue weighted by Gasteiger charge is 2.49. The van der Waals surface area contributed by atoms with Gasteiger partial charge in [-0.3, -0.25) is 0 Å². The Morgan fingerprint density at radius 3 is 2.14 bits per heavy atom. The first-order valence-electron chi connectivity index (χ1n) is 4.43. The van der Waals surface area contributed by atoms with Gasteiger partial charge in [-0.15, -0.1) is 0 Å². The Balaban J connectivity index is 2.73. The van der Waals surface area contributed by atoms with Crippen molar-refractivity contribution in [3.8, 4) is 0 Å². The third-order valence-electron chi connectivity index (χ3n) is 2.68. The van der Waals surface area contributed by atoms with Crippen molar-refractivity contribution in [3.63, 3.8) is 0 Å². The fraction of sp³-hybridized carbons (Fsp3) is 1.00. The molecule has 0 heterocycles. The number of halogens is 5. The highest BCUT2D eigenvalue weighted by molar-refractivity contribution is 4.86. The standard InChI is InChI=1S/C8H12F5N/c9-7(10)5-3-4(14)1-2-6(5)8(11,12)13/h4-7H,1-3,14H2. The van der Waals surface area contributed by atoms with E-state index in [0.717, 1.165) is 0 Å². The third kappa shape index (κ3) is 2.56. The van der Waals surface area contributed by atoms with Gasteiger partial charge in [0.25, 0.3) is 0 Å². The van der Waals surface area contributed by atoms with Gasteiger partial charge in [-0.05, 0) is 19.3 Å². The Labute approximate surface area is 78.5 Å². The Kier molecular flexibility index (Phi) is 3.34. The summed E-state index contributed by atoms with van der Waals surface area (Å²) in [5, 5.41) is 0. The van der Waals surface area contributed by atoms with Gasteiger partial charge in [0.05, 0.1) is 5.92 Å². The van der Waals surface area contributed by atoms with E-state index in [4.69, 9.17) is 5.73 Å². The van der Waals surface area contributed by atoms with Crippen molar-refractivity contribution >= 4 is 0 Å². The van der Waals surface area contributed by atoms with Crippen molar-refractivity contribution in [1.29, 1.82) is 0 Å². The molecule has 84 valence electrons. The summed E-state index contributed by atoms with van der Waals surface area (Å²) in [5.41, 5.74) is 5.37. The van der Waals surface area contributed by atoms with Crippen molar-refractivity contribution in [1.82, 2.24) is 0 Å². The molecule has 0 aromatic rings. The zero-order chi connectivity index (χ0) is 10.9. The van der Waals surface area contributed by atoms with E-state index in [2.05, 4.69) is 0 Å². The van der Waals surface area contributed by atoms with E-state index in [1.807, 2.05) is 0 Å². The Morgan fingerprint density at radius 2 is 1.71 bits per heavy atom. The lowest BCUT2D eigenvalue weighted by atomic mass is 9.77. The van der Waals surface area contributed by atoms with Crippen LogP contribution in [0.3, 0.4) is 0 Å². The molecule has 1 aliphatic carbocycles. The Hall–Kier alpha value is -0.390. The van der Waals surface area contributed by atoms with Gasteiger partial charge in [0.2, 0.25) is 6.43 Å². The Bertz CT molecular complexity index is 191. The summed E-state index contributed by atoms with van der Waals surface area (Å²) >= 11 is 0. The molecule has 1 saturated carbocycles. The molecule has 0 bridgehead atoms. The minimum absolute atomic E-state index is 0.174. The molecule has 2 N–H and O–H groups in total. The molecule has 0 saturated heterocycles. The molecule has 1 nitrogen and oxygen atoms in total. The third-order valence-corrected chi connectivity index (χ3v) is 2.68. The van der Waals surface area contributed by atoms with E-state index in [0.29, 0.717) is 0 Å². The van der Waals surface area contributed by atoms with Gasteiger partial charge in [-0.1, -0.05) is 0 Å². The largest absolute Gasteiger partial charge is 0.392 e. The lowest BCUT2D eigenvalue weighted by Crippen LogP contribution is -2.42. The van der Waals surface area contributed by atoms with Crippen LogP contribution in [0.4, 0.5) is 22.0 Å². The average Bonchev–Trinajstić information content (AvgIpc) is 2.01. The summed E-state index contributed by atoms with van der Waals surface area (Å²) in [6, 6.07) is -0.521. The number of hydrogen-bond donors (Lipinski definition) is 1. The number of hydrogen-bond acceptors (Lipinski definition) is 1. The topological polar surface area (TPSA) is 26.0 Å². The molecule has 1 fully saturated rings. The zero-order valence-corrected chi connectivity index (χ0v) is 7.40. The predicted molar refractivity (Wildman–Crippen MR) is 40.9 cm³/mol. The van der Waals surface area contributed by atoms with Gasteiger partial charge in [0.1, 0.15) is 0 Å². The fourth-order valence-corrected chi connectivity index (χ4v) is 1.92. The lowest BCUT2D eigenvalue weighted by Gasteiger charge is -2.35. The molecule has 1 rings (SSSR count). The fourth-order valence-electron chi connectivity index (χ4n) is 1.92. The summed E-state index contributed by atoms with van der Waals surface area (Å²) in [7, 11) is 0. The molecule has 3 unspecified atom stereocenters. The maximum atomic E-state index is 12.3. The Morgan fingerprint density at radius 1 is 1.14 bits per heavy atom. The van der Waals surface area contributed by atoms with Gasteiger partial charge in [0.15, 0.2) is 0 Å². The SMILES string of the molecule is NC1CCC(C(F)(F)F)C(C(F)F)C1.